The summed E-state index contributed by atoms with van der Waals surface area (Å²) >= 11 is 5.97. The summed E-state index contributed by atoms with van der Waals surface area (Å²) in [5.41, 5.74) is -7.52. The van der Waals surface area contributed by atoms with Crippen LogP contribution in [-0.4, -0.2) is 31.6 Å². The number of nitrogen functional groups attached to an aromatic ring is 1. The summed E-state index contributed by atoms with van der Waals surface area (Å²) in [6.07, 6.45) is -5.40. The number of halogens is 5. The quantitative estimate of drug-likeness (QED) is 0.538. The second-order valence-corrected chi connectivity index (χ2v) is 6.89. The fourth-order valence-corrected chi connectivity index (χ4v) is 2.98. The fraction of sp³-hybridized carbons (Fsp3) is 0.250. The highest BCUT2D eigenvalue weighted by atomic mass is 35.5. The first-order chi connectivity index (χ1) is 13.8. The van der Waals surface area contributed by atoms with Gasteiger partial charge in [-0.2, -0.15) is 13.2 Å². The van der Waals surface area contributed by atoms with E-state index < -0.39 is 46.2 Å². The van der Waals surface area contributed by atoms with E-state index >= 15 is 0 Å². The molecule has 2 heterocycles. The molecule has 3 rings (SSSR count). The van der Waals surface area contributed by atoms with Gasteiger partial charge < -0.3 is 15.8 Å². The first-order valence-corrected chi connectivity index (χ1v) is 8.33. The fourth-order valence-electron chi connectivity index (χ4n) is 2.73. The Morgan fingerprint density at radius 1 is 1.33 bits per heavy atom. The maximum atomic E-state index is 14.5. The zero-order valence-electron chi connectivity index (χ0n) is 14.8. The van der Waals surface area contributed by atoms with Gasteiger partial charge in [-0.15, -0.1) is 0 Å². The van der Waals surface area contributed by atoms with Crippen molar-refractivity contribution < 1.29 is 32.3 Å². The van der Waals surface area contributed by atoms with Gasteiger partial charge in [0.25, 0.3) is 5.56 Å². The molecule has 1 aliphatic heterocycles. The number of oxime groups is 1. The van der Waals surface area contributed by atoms with Crippen molar-refractivity contribution in [3.8, 4) is 5.69 Å². The predicted molar refractivity (Wildman–Crippen MR) is 94.7 cm³/mol. The number of hydrogen-bond acceptors (Lipinski definition) is 6. The summed E-state index contributed by atoms with van der Waals surface area (Å²) in [7, 11) is 0. The standard InChI is InChI=1S/C16H11ClF4N4O5/c1-15(13(27)28)5-9(23-30-15)6-2-10(8(18)3-7(6)17)24-12(26)4-11(16(19,20)21)25(22)14(24)29/h2-4H,5,22H2,1H3,(H,27,28). The predicted octanol–water partition coefficient (Wildman–Crippen LogP) is 1.49. The number of hydrogen-bond donors (Lipinski definition) is 2. The van der Waals surface area contributed by atoms with Crippen molar-refractivity contribution in [1.29, 1.82) is 0 Å². The van der Waals surface area contributed by atoms with Crippen molar-refractivity contribution in [2.75, 3.05) is 5.84 Å². The molecule has 0 aliphatic carbocycles. The van der Waals surface area contributed by atoms with Crippen LogP contribution >= 0.6 is 11.6 Å². The van der Waals surface area contributed by atoms with Gasteiger partial charge in [0.1, 0.15) is 5.82 Å². The van der Waals surface area contributed by atoms with Crippen LogP contribution in [-0.2, 0) is 15.8 Å². The Morgan fingerprint density at radius 3 is 2.50 bits per heavy atom. The number of nitrogens with zero attached hydrogens (tertiary/aromatic N) is 3. The molecule has 1 aliphatic rings. The molecule has 0 saturated carbocycles. The van der Waals surface area contributed by atoms with Gasteiger partial charge >= 0.3 is 17.8 Å². The van der Waals surface area contributed by atoms with Crippen LogP contribution in [0.4, 0.5) is 17.6 Å². The van der Waals surface area contributed by atoms with E-state index in [1.807, 2.05) is 0 Å². The molecule has 0 fully saturated rings. The minimum atomic E-state index is -5.10. The Labute approximate surface area is 168 Å². The molecule has 3 N–H and O–H groups in total. The van der Waals surface area contributed by atoms with Gasteiger partial charge in [-0.3, -0.25) is 4.79 Å². The van der Waals surface area contributed by atoms with E-state index in [-0.39, 0.29) is 38.0 Å². The molecule has 9 nitrogen and oxygen atoms in total. The van der Waals surface area contributed by atoms with Crippen LogP contribution in [0.25, 0.3) is 5.69 Å². The first-order valence-electron chi connectivity index (χ1n) is 7.96. The van der Waals surface area contributed by atoms with E-state index in [4.69, 9.17) is 22.3 Å². The lowest BCUT2D eigenvalue weighted by Crippen LogP contribution is -2.45. The van der Waals surface area contributed by atoms with Gasteiger partial charge in [-0.1, -0.05) is 16.8 Å². The average Bonchev–Trinajstić information content (AvgIpc) is 3.02. The Kier molecular flexibility index (Phi) is 4.89. The molecular weight excluding hydrogens is 440 g/mol. The third-order valence-corrected chi connectivity index (χ3v) is 4.64. The van der Waals surface area contributed by atoms with E-state index in [0.717, 1.165) is 6.07 Å². The van der Waals surface area contributed by atoms with Crippen LogP contribution in [0.2, 0.25) is 5.02 Å². The largest absolute Gasteiger partial charge is 0.478 e. The number of alkyl halides is 3. The highest BCUT2D eigenvalue weighted by Gasteiger charge is 2.43. The van der Waals surface area contributed by atoms with Crippen molar-refractivity contribution >= 4 is 23.3 Å². The number of carboxylic acid groups (broad SMARTS) is 1. The molecule has 0 spiro atoms. The number of rotatable bonds is 3. The van der Waals surface area contributed by atoms with Crippen molar-refractivity contribution in [3.05, 3.63) is 61.1 Å². The van der Waals surface area contributed by atoms with Gasteiger partial charge in [-0.25, -0.2) is 23.2 Å². The number of nitrogens with two attached hydrogens (primary N) is 1. The Balaban J connectivity index is 2.20. The number of carbonyl (C=O) groups is 1. The molecule has 2 aromatic rings. The molecule has 0 radical (unpaired) electrons. The van der Waals surface area contributed by atoms with E-state index in [2.05, 4.69) is 5.16 Å². The third-order valence-electron chi connectivity index (χ3n) is 4.33. The van der Waals surface area contributed by atoms with E-state index in [0.29, 0.717) is 6.07 Å². The second-order valence-electron chi connectivity index (χ2n) is 6.48. The smallest absolute Gasteiger partial charge is 0.433 e. The molecular formula is C16H11ClF4N4O5. The molecule has 0 amide bonds. The van der Waals surface area contributed by atoms with Crippen molar-refractivity contribution in [3.63, 3.8) is 0 Å². The van der Waals surface area contributed by atoms with Gasteiger partial charge in [0, 0.05) is 18.1 Å². The van der Waals surface area contributed by atoms with Crippen molar-refractivity contribution in [2.24, 2.45) is 5.16 Å². The molecule has 14 heteroatoms. The minimum absolute atomic E-state index is 0.0345. The van der Waals surface area contributed by atoms with Crippen LogP contribution in [0.3, 0.4) is 0 Å². The highest BCUT2D eigenvalue weighted by Crippen LogP contribution is 2.32. The number of aromatic nitrogens is 2. The third kappa shape index (κ3) is 3.40. The Hall–Kier alpha value is -3.35. The topological polar surface area (TPSA) is 129 Å². The van der Waals surface area contributed by atoms with Crippen LogP contribution < -0.4 is 17.1 Å². The summed E-state index contributed by atoms with van der Waals surface area (Å²) in [6, 6.07) is 1.59. The van der Waals surface area contributed by atoms with Gasteiger partial charge in [0.2, 0.25) is 5.60 Å². The molecule has 1 atom stereocenters. The van der Waals surface area contributed by atoms with Crippen LogP contribution in [0.1, 0.15) is 24.6 Å². The normalized spacial score (nSPS) is 18.8. The van der Waals surface area contributed by atoms with Crippen LogP contribution in [0.15, 0.2) is 32.9 Å². The number of carboxylic acids is 1. The second kappa shape index (κ2) is 6.86. The zero-order chi connectivity index (χ0) is 22.6. The SMILES string of the molecule is CC1(C(=O)O)CC(c2cc(-n3c(=O)cc(C(F)(F)F)n(N)c3=O)c(F)cc2Cl)=NO1. The highest BCUT2D eigenvalue weighted by molar-refractivity contribution is 6.34. The summed E-state index contributed by atoms with van der Waals surface area (Å²) in [5, 5.41) is 12.5. The average molecular weight is 451 g/mol. The van der Waals surface area contributed by atoms with Crippen molar-refractivity contribution in [1.82, 2.24) is 9.24 Å². The monoisotopic (exact) mass is 450 g/mol. The Bertz CT molecular complexity index is 1220. The van der Waals surface area contributed by atoms with E-state index in [1.54, 1.807) is 0 Å². The summed E-state index contributed by atoms with van der Waals surface area (Å²) in [6.45, 7) is 1.22. The maximum Gasteiger partial charge on any atom is 0.433 e. The number of benzene rings is 1. The summed E-state index contributed by atoms with van der Waals surface area (Å²) in [4.78, 5) is 40.6. The lowest BCUT2D eigenvalue weighted by atomic mass is 9.96. The van der Waals surface area contributed by atoms with Gasteiger partial charge in [0.05, 0.1) is 16.4 Å². The first kappa shape index (κ1) is 21.4. The lowest BCUT2D eigenvalue weighted by Gasteiger charge is -2.16. The molecule has 0 bridgehead atoms. The molecule has 1 unspecified atom stereocenters. The lowest BCUT2D eigenvalue weighted by molar-refractivity contribution is -0.160. The molecule has 160 valence electrons. The summed E-state index contributed by atoms with van der Waals surface area (Å²) in [5.74, 6) is 2.59. The summed E-state index contributed by atoms with van der Waals surface area (Å²) < 4.78 is 53.0. The minimum Gasteiger partial charge on any atom is -0.478 e. The van der Waals surface area contributed by atoms with Crippen LogP contribution in [0, 0.1) is 5.82 Å². The Morgan fingerprint density at radius 2 is 1.97 bits per heavy atom. The number of aliphatic carboxylic acids is 1. The van der Waals surface area contributed by atoms with E-state index in [1.165, 1.54) is 6.92 Å². The maximum absolute atomic E-state index is 14.5. The molecule has 30 heavy (non-hydrogen) atoms. The van der Waals surface area contributed by atoms with Gasteiger partial charge in [-0.05, 0) is 19.1 Å². The zero-order valence-corrected chi connectivity index (χ0v) is 15.6. The van der Waals surface area contributed by atoms with Crippen LogP contribution in [0.5, 0.6) is 0 Å². The molecule has 1 aromatic heterocycles. The van der Waals surface area contributed by atoms with Crippen molar-refractivity contribution in [2.45, 2.75) is 25.1 Å². The van der Waals surface area contributed by atoms with Gasteiger partial charge in [0.15, 0.2) is 5.69 Å². The molecule has 0 saturated heterocycles. The molecule has 1 aromatic carbocycles. The van der Waals surface area contributed by atoms with E-state index in [9.17, 15) is 37.1 Å².